The predicted molar refractivity (Wildman–Crippen MR) is 109 cm³/mol. The van der Waals surface area contributed by atoms with Crippen LogP contribution in [0.25, 0.3) is 11.3 Å². The van der Waals surface area contributed by atoms with Crippen molar-refractivity contribution in [2.75, 3.05) is 0 Å². The molecule has 0 atom stereocenters. The molecular weight excluding hydrogens is 340 g/mol. The summed E-state index contributed by atoms with van der Waals surface area (Å²) < 4.78 is 0. The fraction of sp³-hybridized carbons (Fsp3) is 0.273. The number of aromatic hydroxyl groups is 1. The Morgan fingerprint density at radius 2 is 1.85 bits per heavy atom. The molecule has 4 heteroatoms. The number of aliphatic imine (C=N–C) groups is 1. The highest BCUT2D eigenvalue weighted by Crippen LogP contribution is 2.34. The topological polar surface area (TPSA) is 45.5 Å². The maximum atomic E-state index is 9.50. The minimum Gasteiger partial charge on any atom is -0.508 e. The first kappa shape index (κ1) is 17.0. The van der Waals surface area contributed by atoms with Crippen LogP contribution >= 0.6 is 11.3 Å². The Morgan fingerprint density at radius 3 is 2.62 bits per heavy atom. The Balaban J connectivity index is 1.47. The van der Waals surface area contributed by atoms with Crippen LogP contribution in [0, 0.1) is 0 Å². The number of phenolic OH excluding ortho intramolecular Hbond substituents is 1. The third-order valence-corrected chi connectivity index (χ3v) is 5.72. The van der Waals surface area contributed by atoms with Gasteiger partial charge in [0.05, 0.1) is 5.69 Å². The van der Waals surface area contributed by atoms with Crippen LogP contribution in [-0.4, -0.2) is 16.3 Å². The van der Waals surface area contributed by atoms with Crippen LogP contribution in [-0.2, 0) is 0 Å². The van der Waals surface area contributed by atoms with Gasteiger partial charge >= 0.3 is 0 Å². The molecule has 3 nitrogen and oxygen atoms in total. The summed E-state index contributed by atoms with van der Waals surface area (Å²) in [5.41, 5.74) is 4.43. The van der Waals surface area contributed by atoms with Crippen molar-refractivity contribution in [1.29, 1.82) is 0 Å². The van der Waals surface area contributed by atoms with Crippen LogP contribution in [0.3, 0.4) is 0 Å². The Morgan fingerprint density at radius 1 is 1.04 bits per heavy atom. The number of rotatable bonds is 4. The second-order valence-electron chi connectivity index (χ2n) is 6.83. The van der Waals surface area contributed by atoms with Gasteiger partial charge in [-0.2, -0.15) is 0 Å². The summed E-state index contributed by atoms with van der Waals surface area (Å²) in [5.74, 6) is 0.975. The van der Waals surface area contributed by atoms with E-state index in [0.717, 1.165) is 27.9 Å². The van der Waals surface area contributed by atoms with Gasteiger partial charge in [0.2, 0.25) is 5.13 Å². The smallest absolute Gasteiger partial charge is 0.209 e. The Kier molecular flexibility index (Phi) is 5.12. The number of aromatic nitrogens is 1. The average Bonchev–Trinajstić information content (AvgIpc) is 3.16. The van der Waals surface area contributed by atoms with Crippen molar-refractivity contribution in [3.8, 4) is 17.0 Å². The zero-order chi connectivity index (χ0) is 17.8. The molecule has 132 valence electrons. The number of nitrogens with zero attached hydrogens (tertiary/aromatic N) is 2. The first-order chi connectivity index (χ1) is 12.8. The van der Waals surface area contributed by atoms with E-state index in [1.807, 2.05) is 11.4 Å². The van der Waals surface area contributed by atoms with E-state index in [2.05, 4.69) is 34.2 Å². The molecule has 26 heavy (non-hydrogen) atoms. The van der Waals surface area contributed by atoms with Crippen molar-refractivity contribution in [3.63, 3.8) is 0 Å². The monoisotopic (exact) mass is 362 g/mol. The summed E-state index contributed by atoms with van der Waals surface area (Å²) >= 11 is 1.53. The molecule has 0 bridgehead atoms. The van der Waals surface area contributed by atoms with Crippen molar-refractivity contribution in [2.24, 2.45) is 4.99 Å². The highest BCUT2D eigenvalue weighted by molar-refractivity contribution is 7.13. The van der Waals surface area contributed by atoms with E-state index in [1.165, 1.54) is 49.0 Å². The highest BCUT2D eigenvalue weighted by Gasteiger charge is 2.15. The van der Waals surface area contributed by atoms with Gasteiger partial charge in [-0.05, 0) is 42.0 Å². The van der Waals surface area contributed by atoms with Crippen LogP contribution in [0.5, 0.6) is 5.75 Å². The van der Waals surface area contributed by atoms with E-state index in [-0.39, 0.29) is 5.75 Å². The summed E-state index contributed by atoms with van der Waals surface area (Å²) in [7, 11) is 0. The van der Waals surface area contributed by atoms with E-state index in [1.54, 1.807) is 24.4 Å². The van der Waals surface area contributed by atoms with Gasteiger partial charge in [-0.15, -0.1) is 11.3 Å². The van der Waals surface area contributed by atoms with Gasteiger partial charge in [0.1, 0.15) is 5.75 Å². The summed E-state index contributed by atoms with van der Waals surface area (Å²) in [5, 5.41) is 12.3. The van der Waals surface area contributed by atoms with Crippen LogP contribution in [0.15, 0.2) is 58.9 Å². The van der Waals surface area contributed by atoms with Crippen molar-refractivity contribution >= 4 is 22.7 Å². The molecule has 1 aliphatic carbocycles. The largest absolute Gasteiger partial charge is 0.508 e. The molecular formula is C22H22N2OS. The number of thiazole rings is 1. The van der Waals surface area contributed by atoms with Gasteiger partial charge in [-0.1, -0.05) is 55.7 Å². The van der Waals surface area contributed by atoms with Crippen LogP contribution < -0.4 is 0 Å². The molecule has 0 amide bonds. The van der Waals surface area contributed by atoms with Gasteiger partial charge in [-0.25, -0.2) is 9.98 Å². The highest BCUT2D eigenvalue weighted by atomic mass is 32.1. The summed E-state index contributed by atoms with van der Waals surface area (Å²) in [6.07, 6.45) is 8.49. The second-order valence-corrected chi connectivity index (χ2v) is 7.66. The molecule has 1 aromatic heterocycles. The molecule has 1 fully saturated rings. The molecule has 0 unspecified atom stereocenters. The zero-order valence-electron chi connectivity index (χ0n) is 14.6. The molecule has 0 radical (unpaired) electrons. The Bertz CT molecular complexity index is 893. The number of hydrogen-bond acceptors (Lipinski definition) is 4. The van der Waals surface area contributed by atoms with Crippen molar-refractivity contribution in [3.05, 3.63) is 65.0 Å². The third-order valence-electron chi connectivity index (χ3n) is 4.97. The lowest BCUT2D eigenvalue weighted by Gasteiger charge is -2.22. The SMILES string of the molecule is Oc1cccc(C=Nc2nc(-c3ccc(C4CCCCC4)cc3)cs2)c1. The number of benzene rings is 2. The molecule has 3 aromatic rings. The van der Waals surface area contributed by atoms with Crippen molar-refractivity contribution in [2.45, 2.75) is 38.0 Å². The van der Waals surface area contributed by atoms with E-state index < -0.39 is 0 Å². The van der Waals surface area contributed by atoms with Gasteiger partial charge in [0.15, 0.2) is 0 Å². The number of hydrogen-bond donors (Lipinski definition) is 1. The molecule has 0 aliphatic heterocycles. The van der Waals surface area contributed by atoms with Crippen molar-refractivity contribution in [1.82, 2.24) is 4.98 Å². The van der Waals surface area contributed by atoms with Gasteiger partial charge in [0.25, 0.3) is 0 Å². The summed E-state index contributed by atoms with van der Waals surface area (Å²) in [4.78, 5) is 9.04. The van der Waals surface area contributed by atoms with Crippen LogP contribution in [0.1, 0.15) is 49.1 Å². The third kappa shape index (κ3) is 4.02. The second kappa shape index (κ2) is 7.83. The summed E-state index contributed by atoms with van der Waals surface area (Å²) in [6, 6.07) is 15.9. The average molecular weight is 362 g/mol. The number of phenols is 1. The van der Waals surface area contributed by atoms with E-state index in [0.29, 0.717) is 0 Å². The maximum Gasteiger partial charge on any atom is 0.209 e. The maximum absolute atomic E-state index is 9.50. The lowest BCUT2D eigenvalue weighted by atomic mass is 9.84. The first-order valence-corrected chi connectivity index (χ1v) is 10.0. The molecule has 1 N–H and O–H groups in total. The molecule has 1 aliphatic rings. The van der Waals surface area contributed by atoms with E-state index >= 15 is 0 Å². The first-order valence-electron chi connectivity index (χ1n) is 9.17. The van der Waals surface area contributed by atoms with E-state index in [4.69, 9.17) is 0 Å². The van der Waals surface area contributed by atoms with Gasteiger partial charge < -0.3 is 5.11 Å². The normalized spacial score (nSPS) is 15.5. The lowest BCUT2D eigenvalue weighted by molar-refractivity contribution is 0.443. The minimum atomic E-state index is 0.242. The zero-order valence-corrected chi connectivity index (χ0v) is 15.5. The predicted octanol–water partition coefficient (Wildman–Crippen LogP) is 6.31. The molecule has 4 rings (SSSR count). The Hall–Kier alpha value is -2.46. The van der Waals surface area contributed by atoms with Crippen molar-refractivity contribution < 1.29 is 5.11 Å². The standard InChI is InChI=1S/C22H22N2OS/c25-20-8-4-5-16(13-20)14-23-22-24-21(15-26-22)19-11-9-18(10-12-19)17-6-2-1-3-7-17/h4-5,8-15,17,25H,1-3,6-7H2. The molecule has 1 heterocycles. The molecule has 0 spiro atoms. The Labute approximate surface area is 158 Å². The molecule has 1 saturated carbocycles. The fourth-order valence-electron chi connectivity index (χ4n) is 3.55. The molecule has 0 saturated heterocycles. The van der Waals surface area contributed by atoms with E-state index in [9.17, 15) is 5.11 Å². The minimum absolute atomic E-state index is 0.242. The lowest BCUT2D eigenvalue weighted by Crippen LogP contribution is -2.04. The quantitative estimate of drug-likeness (QED) is 0.552. The fourth-order valence-corrected chi connectivity index (χ4v) is 4.22. The van der Waals surface area contributed by atoms with Gasteiger partial charge in [-0.3, -0.25) is 0 Å². The summed E-state index contributed by atoms with van der Waals surface area (Å²) in [6.45, 7) is 0. The van der Waals surface area contributed by atoms with Crippen LogP contribution in [0.4, 0.5) is 5.13 Å². The molecule has 2 aromatic carbocycles. The van der Waals surface area contributed by atoms with Crippen LogP contribution in [0.2, 0.25) is 0 Å². The van der Waals surface area contributed by atoms with Gasteiger partial charge in [0, 0.05) is 17.2 Å².